The molecule has 0 aromatic carbocycles. The van der Waals surface area contributed by atoms with Gasteiger partial charge in [-0.15, -0.1) is 10.8 Å². The van der Waals surface area contributed by atoms with E-state index in [4.69, 9.17) is 14.8 Å². The summed E-state index contributed by atoms with van der Waals surface area (Å²) in [6.45, 7) is 0.295. The number of hydrogen-bond donors (Lipinski definition) is 4. The fourth-order valence-electron chi connectivity index (χ4n) is 0.266. The minimum atomic E-state index is -2.54. The quantitative estimate of drug-likeness (QED) is 0.439. The summed E-state index contributed by atoms with van der Waals surface area (Å²) in [4.78, 5) is 0. The standard InChI is InChI=1S/C3H12N2O2S/c1-5-8(6,7)3-2-4/h5-7H,2-4H2,1H3. The number of nitrogens with one attached hydrogen (secondary N) is 1. The van der Waals surface area contributed by atoms with Gasteiger partial charge in [-0.3, -0.25) is 9.11 Å². The van der Waals surface area contributed by atoms with Gasteiger partial charge >= 0.3 is 0 Å². The molecule has 4 nitrogen and oxygen atoms in total. The Morgan fingerprint density at radius 1 is 1.62 bits per heavy atom. The minimum Gasteiger partial charge on any atom is -0.329 e. The second-order valence-corrected chi connectivity index (χ2v) is 3.51. The number of rotatable bonds is 3. The van der Waals surface area contributed by atoms with Gasteiger partial charge in [0, 0.05) is 13.6 Å². The lowest BCUT2D eigenvalue weighted by Gasteiger charge is -2.30. The van der Waals surface area contributed by atoms with Crippen LogP contribution in [0.2, 0.25) is 0 Å². The van der Waals surface area contributed by atoms with Crippen LogP contribution in [0.3, 0.4) is 0 Å². The van der Waals surface area contributed by atoms with Gasteiger partial charge < -0.3 is 5.73 Å². The van der Waals surface area contributed by atoms with Crippen molar-refractivity contribution in [1.82, 2.24) is 4.72 Å². The maximum Gasteiger partial charge on any atom is 0.0650 e. The fourth-order valence-corrected chi connectivity index (χ4v) is 0.799. The van der Waals surface area contributed by atoms with Gasteiger partial charge in [-0.2, -0.15) is 0 Å². The molecule has 0 saturated heterocycles. The molecule has 0 aliphatic carbocycles. The normalized spacial score (nSPS) is 14.0. The van der Waals surface area contributed by atoms with Gasteiger partial charge in [-0.25, -0.2) is 4.72 Å². The fraction of sp³-hybridized carbons (Fsp3) is 1.00. The molecule has 0 aromatic rings. The first-order valence-corrected chi connectivity index (χ1v) is 3.98. The summed E-state index contributed by atoms with van der Waals surface area (Å²) < 4.78 is 19.9. The molecule has 0 rings (SSSR count). The van der Waals surface area contributed by atoms with E-state index in [0.717, 1.165) is 0 Å². The molecule has 0 unspecified atom stereocenters. The van der Waals surface area contributed by atoms with E-state index >= 15 is 0 Å². The van der Waals surface area contributed by atoms with Crippen molar-refractivity contribution in [3.05, 3.63) is 0 Å². The van der Waals surface area contributed by atoms with E-state index in [2.05, 4.69) is 4.72 Å². The molecule has 0 aromatic heterocycles. The number of nitrogens with two attached hydrogens (primary N) is 1. The monoisotopic (exact) mass is 140 g/mol. The summed E-state index contributed by atoms with van der Waals surface area (Å²) in [6, 6.07) is 0. The second-order valence-electron chi connectivity index (χ2n) is 1.36. The second kappa shape index (κ2) is 3.26. The van der Waals surface area contributed by atoms with Crippen LogP contribution in [0.5, 0.6) is 0 Å². The van der Waals surface area contributed by atoms with Gasteiger partial charge in [0.1, 0.15) is 0 Å². The largest absolute Gasteiger partial charge is 0.329 e. The van der Waals surface area contributed by atoms with Gasteiger partial charge in [0.05, 0.1) is 5.75 Å². The van der Waals surface area contributed by atoms with Gasteiger partial charge in [0.2, 0.25) is 0 Å². The van der Waals surface area contributed by atoms with Crippen molar-refractivity contribution < 1.29 is 9.11 Å². The highest BCUT2D eigenvalue weighted by Gasteiger charge is 2.04. The Morgan fingerprint density at radius 3 is 2.25 bits per heavy atom. The Labute approximate surface area is 50.6 Å². The highest BCUT2D eigenvalue weighted by molar-refractivity contribution is 8.22. The van der Waals surface area contributed by atoms with Crippen LogP contribution in [-0.2, 0) is 0 Å². The maximum atomic E-state index is 8.77. The average molecular weight is 140 g/mol. The molecular weight excluding hydrogens is 128 g/mol. The molecule has 0 aliphatic rings. The van der Waals surface area contributed by atoms with Crippen molar-refractivity contribution in [2.45, 2.75) is 0 Å². The van der Waals surface area contributed by atoms with Crippen LogP contribution in [0.15, 0.2) is 0 Å². The van der Waals surface area contributed by atoms with Crippen LogP contribution < -0.4 is 10.5 Å². The first-order chi connectivity index (χ1) is 3.62. The molecule has 0 saturated carbocycles. The van der Waals surface area contributed by atoms with Crippen molar-refractivity contribution in [2.24, 2.45) is 5.73 Å². The molecule has 5 N–H and O–H groups in total. The highest BCUT2D eigenvalue weighted by Crippen LogP contribution is 2.30. The van der Waals surface area contributed by atoms with Crippen LogP contribution in [0.25, 0.3) is 0 Å². The van der Waals surface area contributed by atoms with Gasteiger partial charge in [0.15, 0.2) is 0 Å². The third-order valence-corrected chi connectivity index (χ3v) is 2.19. The summed E-state index contributed by atoms with van der Waals surface area (Å²) in [7, 11) is -1.05. The molecule has 0 amide bonds. The molecule has 0 aliphatic heterocycles. The molecule has 8 heavy (non-hydrogen) atoms. The summed E-state index contributed by atoms with van der Waals surface area (Å²) in [5.41, 5.74) is 5.05. The first-order valence-electron chi connectivity index (χ1n) is 2.27. The predicted octanol–water partition coefficient (Wildman–Crippen LogP) is -0.170. The van der Waals surface area contributed by atoms with Crippen LogP contribution in [-0.4, -0.2) is 28.5 Å². The molecule has 52 valence electrons. The Balaban J connectivity index is 3.37. The van der Waals surface area contributed by atoms with Crippen LogP contribution in [0.4, 0.5) is 0 Å². The van der Waals surface area contributed by atoms with E-state index in [1.54, 1.807) is 0 Å². The number of hydrogen-bond acceptors (Lipinski definition) is 4. The van der Waals surface area contributed by atoms with Crippen molar-refractivity contribution in [2.75, 3.05) is 19.3 Å². The van der Waals surface area contributed by atoms with E-state index in [-0.39, 0.29) is 5.75 Å². The summed E-state index contributed by atoms with van der Waals surface area (Å²) in [6.07, 6.45) is 0. The minimum absolute atomic E-state index is 0.226. The van der Waals surface area contributed by atoms with Gasteiger partial charge in [-0.1, -0.05) is 0 Å². The average Bonchev–Trinajstić information content (AvgIpc) is 1.67. The molecule has 0 radical (unpaired) electrons. The summed E-state index contributed by atoms with van der Waals surface area (Å²) in [5.74, 6) is 0.226. The molecule has 0 bridgehead atoms. The zero-order chi connectivity index (χ0) is 6.62. The lowest BCUT2D eigenvalue weighted by Crippen LogP contribution is -2.22. The third-order valence-electron chi connectivity index (χ3n) is 0.729. The third kappa shape index (κ3) is 3.23. The Bertz CT molecular complexity index is 68.3. The molecule has 0 atom stereocenters. The van der Waals surface area contributed by atoms with E-state index in [0.29, 0.717) is 6.54 Å². The summed E-state index contributed by atoms with van der Waals surface area (Å²) >= 11 is 0. The van der Waals surface area contributed by atoms with Crippen molar-refractivity contribution >= 4 is 10.8 Å². The van der Waals surface area contributed by atoms with Crippen LogP contribution >= 0.6 is 10.8 Å². The lowest BCUT2D eigenvalue weighted by molar-refractivity contribution is 0.476. The Kier molecular flexibility index (Phi) is 3.34. The predicted molar refractivity (Wildman–Crippen MR) is 35.8 cm³/mol. The topological polar surface area (TPSA) is 78.5 Å². The van der Waals surface area contributed by atoms with Crippen LogP contribution in [0, 0.1) is 0 Å². The molecule has 0 heterocycles. The molecular formula is C3H12N2O2S. The van der Waals surface area contributed by atoms with E-state index in [1.807, 2.05) is 0 Å². The Hall–Kier alpha value is 0.190. The van der Waals surface area contributed by atoms with Crippen molar-refractivity contribution in [1.29, 1.82) is 0 Å². The SMILES string of the molecule is CNS(O)(O)CCN. The van der Waals surface area contributed by atoms with E-state index in [9.17, 15) is 0 Å². The lowest BCUT2D eigenvalue weighted by atomic mass is 10.8. The molecule has 0 fully saturated rings. The maximum absolute atomic E-state index is 8.77. The van der Waals surface area contributed by atoms with Gasteiger partial charge in [-0.05, 0) is 0 Å². The van der Waals surface area contributed by atoms with Crippen molar-refractivity contribution in [3.8, 4) is 0 Å². The zero-order valence-electron chi connectivity index (χ0n) is 4.79. The van der Waals surface area contributed by atoms with Crippen LogP contribution in [0.1, 0.15) is 0 Å². The summed E-state index contributed by atoms with van der Waals surface area (Å²) in [5, 5.41) is 0. The van der Waals surface area contributed by atoms with E-state index < -0.39 is 10.8 Å². The Morgan fingerprint density at radius 2 is 2.12 bits per heavy atom. The molecule has 0 spiro atoms. The first kappa shape index (κ1) is 8.19. The molecule has 5 heteroatoms. The highest BCUT2D eigenvalue weighted by atomic mass is 32.3. The van der Waals surface area contributed by atoms with Gasteiger partial charge in [0.25, 0.3) is 0 Å². The smallest absolute Gasteiger partial charge is 0.0650 e. The van der Waals surface area contributed by atoms with Crippen molar-refractivity contribution in [3.63, 3.8) is 0 Å². The van der Waals surface area contributed by atoms with E-state index in [1.165, 1.54) is 7.05 Å². The zero-order valence-corrected chi connectivity index (χ0v) is 5.61.